The van der Waals surface area contributed by atoms with Crippen LogP contribution < -0.4 is 11.1 Å². The number of aromatic amines is 1. The van der Waals surface area contributed by atoms with Crippen molar-refractivity contribution in [1.82, 2.24) is 15.0 Å². The molecular formula is C20H17Cl2N5O3. The van der Waals surface area contributed by atoms with Gasteiger partial charge in [0.25, 0.3) is 5.91 Å². The lowest BCUT2D eigenvalue weighted by Gasteiger charge is -2.09. The number of amides is 1. The van der Waals surface area contributed by atoms with E-state index in [1.54, 1.807) is 24.3 Å². The number of ketones is 1. The molecule has 0 spiro atoms. The van der Waals surface area contributed by atoms with Crippen molar-refractivity contribution in [3.8, 4) is 0 Å². The molecular weight excluding hydrogens is 429 g/mol. The number of methoxy groups -OCH3 is 1. The topological polar surface area (TPSA) is 123 Å². The smallest absolute Gasteiger partial charge is 0.290 e. The molecule has 0 saturated heterocycles. The number of halogens is 2. The minimum atomic E-state index is -0.553. The van der Waals surface area contributed by atoms with Crippen LogP contribution in [0.2, 0.25) is 10.0 Å². The number of hydrogen-bond acceptors (Lipinski definition) is 6. The van der Waals surface area contributed by atoms with E-state index in [1.807, 2.05) is 6.07 Å². The van der Waals surface area contributed by atoms with Crippen LogP contribution in [-0.4, -0.2) is 33.8 Å². The molecule has 4 N–H and O–H groups in total. The zero-order valence-electron chi connectivity index (χ0n) is 16.0. The summed E-state index contributed by atoms with van der Waals surface area (Å²) in [7, 11) is 1.37. The fourth-order valence-corrected chi connectivity index (χ4v) is 2.90. The van der Waals surface area contributed by atoms with Crippen molar-refractivity contribution in [2.75, 3.05) is 18.2 Å². The molecule has 3 rings (SSSR count). The first kappa shape index (κ1) is 21.4. The molecule has 0 aliphatic heterocycles. The van der Waals surface area contributed by atoms with Gasteiger partial charge in [0.2, 0.25) is 0 Å². The third-order valence-electron chi connectivity index (χ3n) is 4.03. The molecule has 0 aliphatic carbocycles. The number of benzene rings is 1. The first-order chi connectivity index (χ1) is 14.3. The Morgan fingerprint density at radius 3 is 2.63 bits per heavy atom. The number of hydrogen-bond donors (Lipinski definition) is 3. The largest absolute Gasteiger partial charge is 0.491 e. The number of ether oxygens (including phenoxy) is 1. The predicted octanol–water partition coefficient (Wildman–Crippen LogP) is 4.23. The molecule has 30 heavy (non-hydrogen) atoms. The summed E-state index contributed by atoms with van der Waals surface area (Å²) in [6.45, 7) is 1.32. The zero-order valence-corrected chi connectivity index (χ0v) is 17.5. The van der Waals surface area contributed by atoms with Gasteiger partial charge in [-0.1, -0.05) is 29.3 Å². The van der Waals surface area contributed by atoms with Crippen LogP contribution in [0.15, 0.2) is 42.3 Å². The van der Waals surface area contributed by atoms with E-state index in [0.29, 0.717) is 10.0 Å². The molecule has 0 aliphatic rings. The molecule has 0 bridgehead atoms. The number of nitrogen functional groups attached to an aromatic ring is 1. The van der Waals surface area contributed by atoms with Gasteiger partial charge in [-0.2, -0.15) is 0 Å². The van der Waals surface area contributed by atoms with Gasteiger partial charge >= 0.3 is 0 Å². The molecule has 0 atom stereocenters. The highest BCUT2D eigenvalue weighted by Crippen LogP contribution is 2.28. The molecule has 1 amide bonds. The maximum atomic E-state index is 12.4. The summed E-state index contributed by atoms with van der Waals surface area (Å²) in [6.07, 6.45) is 6.15. The van der Waals surface area contributed by atoms with Gasteiger partial charge in [0.1, 0.15) is 5.69 Å². The lowest BCUT2D eigenvalue weighted by molar-refractivity contribution is -0.115. The second-order valence-electron chi connectivity index (χ2n) is 6.18. The maximum absolute atomic E-state index is 12.4. The van der Waals surface area contributed by atoms with E-state index in [1.165, 1.54) is 26.3 Å². The van der Waals surface area contributed by atoms with Gasteiger partial charge in [0, 0.05) is 23.5 Å². The number of allylic oxidation sites excluding steroid dienone is 2. The average molecular weight is 446 g/mol. The molecule has 10 heteroatoms. The van der Waals surface area contributed by atoms with Crippen LogP contribution in [0.3, 0.4) is 0 Å². The van der Waals surface area contributed by atoms with E-state index in [2.05, 4.69) is 20.3 Å². The summed E-state index contributed by atoms with van der Waals surface area (Å²) >= 11 is 12.1. The monoisotopic (exact) mass is 445 g/mol. The number of rotatable bonds is 6. The normalized spacial score (nSPS) is 11.8. The first-order valence-electron chi connectivity index (χ1n) is 8.63. The Balaban J connectivity index is 1.75. The predicted molar refractivity (Wildman–Crippen MR) is 118 cm³/mol. The number of nitrogens with two attached hydrogens (primary N) is 1. The van der Waals surface area contributed by atoms with Crippen LogP contribution in [0, 0.1) is 0 Å². The summed E-state index contributed by atoms with van der Waals surface area (Å²) in [5.74, 6) is -0.905. The SMILES string of the molecule is COC(=CC=Cc1cc2cc(Cl)c(Cl)cc2[nH]1)C(=O)Nc1cnc(C(C)=O)nc1N. The minimum Gasteiger partial charge on any atom is -0.491 e. The van der Waals surface area contributed by atoms with Crippen molar-refractivity contribution in [2.45, 2.75) is 6.92 Å². The van der Waals surface area contributed by atoms with Crippen molar-refractivity contribution in [2.24, 2.45) is 0 Å². The van der Waals surface area contributed by atoms with E-state index >= 15 is 0 Å². The highest BCUT2D eigenvalue weighted by Gasteiger charge is 2.14. The van der Waals surface area contributed by atoms with Crippen LogP contribution in [0.1, 0.15) is 23.2 Å². The maximum Gasteiger partial charge on any atom is 0.290 e. The van der Waals surface area contributed by atoms with Gasteiger partial charge < -0.3 is 20.8 Å². The molecule has 1 aromatic carbocycles. The number of carbonyl (C=O) groups excluding carboxylic acids is 2. The van der Waals surface area contributed by atoms with E-state index in [-0.39, 0.29) is 28.9 Å². The Kier molecular flexibility index (Phi) is 6.39. The van der Waals surface area contributed by atoms with Gasteiger partial charge in [-0.25, -0.2) is 9.97 Å². The number of aromatic nitrogens is 3. The highest BCUT2D eigenvalue weighted by molar-refractivity contribution is 6.42. The number of anilines is 2. The van der Waals surface area contributed by atoms with Crippen LogP contribution in [0.4, 0.5) is 11.5 Å². The quantitative estimate of drug-likeness (QED) is 0.225. The first-order valence-corrected chi connectivity index (χ1v) is 9.39. The van der Waals surface area contributed by atoms with Crippen LogP contribution in [0.5, 0.6) is 0 Å². The Morgan fingerprint density at radius 1 is 1.23 bits per heavy atom. The molecule has 2 aromatic heterocycles. The van der Waals surface area contributed by atoms with Crippen LogP contribution >= 0.6 is 23.2 Å². The summed E-state index contributed by atoms with van der Waals surface area (Å²) < 4.78 is 5.13. The molecule has 154 valence electrons. The van der Waals surface area contributed by atoms with Crippen molar-refractivity contribution < 1.29 is 14.3 Å². The lowest BCUT2D eigenvalue weighted by Crippen LogP contribution is -2.18. The number of Topliss-reactive ketones (excluding diaryl/α,β-unsaturated/α-hetero) is 1. The number of nitrogens with zero attached hydrogens (tertiary/aromatic N) is 2. The summed E-state index contributed by atoms with van der Waals surface area (Å²) in [5.41, 5.74) is 7.56. The second kappa shape index (κ2) is 8.98. The lowest BCUT2D eigenvalue weighted by atomic mass is 10.2. The Labute approximate surface area is 181 Å². The minimum absolute atomic E-state index is 0.0232. The third kappa shape index (κ3) is 4.79. The van der Waals surface area contributed by atoms with Crippen LogP contribution in [0.25, 0.3) is 17.0 Å². The standard InChI is InChI=1S/C20H17Cl2N5O3/c1-10(28)19-24-9-16(18(23)27-19)26-20(29)17(30-2)5-3-4-12-6-11-7-13(21)14(22)8-15(11)25-12/h3-9,25H,1-2H3,(H,26,29)(H2,23,24,27). The van der Waals surface area contributed by atoms with Gasteiger partial charge in [0.05, 0.1) is 23.4 Å². The fourth-order valence-electron chi connectivity index (χ4n) is 2.56. The highest BCUT2D eigenvalue weighted by atomic mass is 35.5. The summed E-state index contributed by atoms with van der Waals surface area (Å²) in [6, 6.07) is 5.40. The van der Waals surface area contributed by atoms with Crippen molar-refractivity contribution in [3.05, 3.63) is 63.9 Å². The van der Waals surface area contributed by atoms with E-state index < -0.39 is 5.91 Å². The van der Waals surface area contributed by atoms with Crippen molar-refractivity contribution in [1.29, 1.82) is 0 Å². The Bertz CT molecular complexity index is 1160. The van der Waals surface area contributed by atoms with Gasteiger partial charge in [-0.05, 0) is 30.4 Å². The number of nitrogens with one attached hydrogen (secondary N) is 2. The fraction of sp³-hybridized carbons (Fsp3) is 0.100. The van der Waals surface area contributed by atoms with Gasteiger partial charge in [0.15, 0.2) is 23.2 Å². The van der Waals surface area contributed by atoms with Gasteiger partial charge in [-0.15, -0.1) is 0 Å². The van der Waals surface area contributed by atoms with E-state index in [9.17, 15) is 9.59 Å². The van der Waals surface area contributed by atoms with E-state index in [0.717, 1.165) is 16.6 Å². The molecule has 8 nitrogen and oxygen atoms in total. The average Bonchev–Trinajstić information content (AvgIpc) is 3.08. The van der Waals surface area contributed by atoms with E-state index in [4.69, 9.17) is 33.7 Å². The molecule has 3 aromatic rings. The molecule has 0 fully saturated rings. The van der Waals surface area contributed by atoms with Crippen molar-refractivity contribution in [3.63, 3.8) is 0 Å². The number of H-pyrrole nitrogens is 1. The zero-order chi connectivity index (χ0) is 21.8. The number of fused-ring (bicyclic) bond motifs is 1. The van der Waals surface area contributed by atoms with Crippen LogP contribution in [-0.2, 0) is 9.53 Å². The molecule has 0 unspecified atom stereocenters. The van der Waals surface area contributed by atoms with Crippen molar-refractivity contribution >= 4 is 63.4 Å². The summed E-state index contributed by atoms with van der Waals surface area (Å²) in [5, 5.41) is 4.38. The summed E-state index contributed by atoms with van der Waals surface area (Å²) in [4.78, 5) is 34.6. The molecule has 2 heterocycles. The molecule has 0 radical (unpaired) electrons. The van der Waals surface area contributed by atoms with Gasteiger partial charge in [-0.3, -0.25) is 9.59 Å². The second-order valence-corrected chi connectivity index (χ2v) is 6.99. The third-order valence-corrected chi connectivity index (χ3v) is 4.75. The number of carbonyl (C=O) groups is 2. The Morgan fingerprint density at radius 2 is 1.97 bits per heavy atom. The Hall–Kier alpha value is -3.36. The molecule has 0 saturated carbocycles.